The van der Waals surface area contributed by atoms with Crippen LogP contribution in [0.15, 0.2) is 29.3 Å². The SMILES string of the molecule is CCNC(=O)C(C)(C)CN=C(NCC)N(C)Cc1ccc(OC)cc1.I. The van der Waals surface area contributed by atoms with E-state index in [4.69, 9.17) is 4.74 Å². The largest absolute Gasteiger partial charge is 0.497 e. The first kappa shape index (κ1) is 24.5. The zero-order valence-electron chi connectivity index (χ0n) is 16.8. The third-order valence-electron chi connectivity index (χ3n) is 3.85. The lowest BCUT2D eigenvalue weighted by Gasteiger charge is -2.25. The molecule has 6 nitrogen and oxygen atoms in total. The minimum Gasteiger partial charge on any atom is -0.497 e. The van der Waals surface area contributed by atoms with Crippen molar-refractivity contribution in [1.82, 2.24) is 15.5 Å². The molecule has 0 aliphatic heterocycles. The number of hydrogen-bond acceptors (Lipinski definition) is 3. The van der Waals surface area contributed by atoms with Crippen molar-refractivity contribution in [1.29, 1.82) is 0 Å². The highest BCUT2D eigenvalue weighted by Gasteiger charge is 2.27. The van der Waals surface area contributed by atoms with E-state index in [1.165, 1.54) is 0 Å². The number of methoxy groups -OCH3 is 1. The molecule has 0 bridgehead atoms. The van der Waals surface area contributed by atoms with Crippen molar-refractivity contribution in [3.8, 4) is 5.75 Å². The van der Waals surface area contributed by atoms with Gasteiger partial charge in [0, 0.05) is 26.7 Å². The molecule has 7 heteroatoms. The number of carbonyl (C=O) groups excluding carboxylic acids is 1. The lowest BCUT2D eigenvalue weighted by Crippen LogP contribution is -2.42. The van der Waals surface area contributed by atoms with Crippen LogP contribution in [0, 0.1) is 5.41 Å². The number of rotatable bonds is 8. The molecule has 148 valence electrons. The van der Waals surface area contributed by atoms with Gasteiger partial charge in [-0.25, -0.2) is 0 Å². The van der Waals surface area contributed by atoms with Gasteiger partial charge in [-0.3, -0.25) is 9.79 Å². The van der Waals surface area contributed by atoms with Crippen molar-refractivity contribution in [3.63, 3.8) is 0 Å². The van der Waals surface area contributed by atoms with Crippen molar-refractivity contribution >= 4 is 35.8 Å². The summed E-state index contributed by atoms with van der Waals surface area (Å²) in [5.74, 6) is 1.65. The Morgan fingerprint density at radius 3 is 2.23 bits per heavy atom. The van der Waals surface area contributed by atoms with E-state index in [1.54, 1.807) is 7.11 Å². The van der Waals surface area contributed by atoms with Crippen molar-refractivity contribution in [3.05, 3.63) is 29.8 Å². The van der Waals surface area contributed by atoms with Gasteiger partial charge in [0.2, 0.25) is 5.91 Å². The summed E-state index contributed by atoms with van der Waals surface area (Å²) in [5.41, 5.74) is 0.620. The number of benzene rings is 1. The van der Waals surface area contributed by atoms with E-state index < -0.39 is 5.41 Å². The van der Waals surface area contributed by atoms with E-state index in [-0.39, 0.29) is 29.9 Å². The molecule has 1 aromatic rings. The van der Waals surface area contributed by atoms with Crippen LogP contribution in [0.1, 0.15) is 33.3 Å². The highest BCUT2D eigenvalue weighted by Crippen LogP contribution is 2.16. The average Bonchev–Trinajstić information content (AvgIpc) is 2.59. The molecule has 0 aliphatic carbocycles. The maximum Gasteiger partial charge on any atom is 0.227 e. The van der Waals surface area contributed by atoms with Crippen molar-refractivity contribution in [2.45, 2.75) is 34.2 Å². The second kappa shape index (κ2) is 12.0. The van der Waals surface area contributed by atoms with Crippen LogP contribution in [0.3, 0.4) is 0 Å². The Morgan fingerprint density at radius 2 is 1.73 bits per heavy atom. The molecule has 0 saturated carbocycles. The second-order valence-corrected chi connectivity index (χ2v) is 6.62. The Kier molecular flexibility index (Phi) is 11.3. The predicted octanol–water partition coefficient (Wildman–Crippen LogP) is 2.87. The van der Waals surface area contributed by atoms with Gasteiger partial charge in [-0.15, -0.1) is 24.0 Å². The molecular weight excluding hydrogens is 443 g/mol. The topological polar surface area (TPSA) is 66.0 Å². The first-order valence-corrected chi connectivity index (χ1v) is 8.74. The number of hydrogen-bond donors (Lipinski definition) is 2. The molecule has 0 spiro atoms. The summed E-state index contributed by atoms with van der Waals surface area (Å²) in [6, 6.07) is 7.98. The van der Waals surface area contributed by atoms with Crippen LogP contribution in [0.2, 0.25) is 0 Å². The number of carbonyl (C=O) groups is 1. The number of nitrogens with zero attached hydrogens (tertiary/aromatic N) is 2. The molecule has 0 aromatic heterocycles. The summed E-state index contributed by atoms with van der Waals surface area (Å²) in [4.78, 5) is 18.8. The minimum atomic E-state index is -0.544. The fourth-order valence-corrected chi connectivity index (χ4v) is 2.29. The molecular formula is C19H33IN4O2. The predicted molar refractivity (Wildman–Crippen MR) is 118 cm³/mol. The fourth-order valence-electron chi connectivity index (χ4n) is 2.29. The molecule has 0 saturated heterocycles. The third-order valence-corrected chi connectivity index (χ3v) is 3.85. The van der Waals surface area contributed by atoms with Crippen LogP contribution in [0.25, 0.3) is 0 Å². The fraction of sp³-hybridized carbons (Fsp3) is 0.579. The third kappa shape index (κ3) is 7.80. The van der Waals surface area contributed by atoms with Gasteiger partial charge in [-0.1, -0.05) is 12.1 Å². The van der Waals surface area contributed by atoms with Gasteiger partial charge < -0.3 is 20.3 Å². The van der Waals surface area contributed by atoms with E-state index in [1.807, 2.05) is 59.0 Å². The van der Waals surface area contributed by atoms with E-state index >= 15 is 0 Å². The highest BCUT2D eigenvalue weighted by atomic mass is 127. The van der Waals surface area contributed by atoms with Crippen molar-refractivity contribution < 1.29 is 9.53 Å². The second-order valence-electron chi connectivity index (χ2n) is 6.62. The van der Waals surface area contributed by atoms with Crippen LogP contribution < -0.4 is 15.4 Å². The van der Waals surface area contributed by atoms with Gasteiger partial charge in [-0.05, 0) is 45.4 Å². The molecule has 0 heterocycles. The quantitative estimate of drug-likeness (QED) is 0.344. The Labute approximate surface area is 174 Å². The molecule has 1 amide bonds. The highest BCUT2D eigenvalue weighted by molar-refractivity contribution is 14.0. The van der Waals surface area contributed by atoms with E-state index in [9.17, 15) is 4.79 Å². The molecule has 0 unspecified atom stereocenters. The molecule has 0 atom stereocenters. The van der Waals surface area contributed by atoms with Crippen LogP contribution in [0.5, 0.6) is 5.75 Å². The summed E-state index contributed by atoms with van der Waals surface area (Å²) in [7, 11) is 3.65. The Balaban J connectivity index is 0.00000625. The van der Waals surface area contributed by atoms with E-state index in [0.29, 0.717) is 13.1 Å². The number of amides is 1. The number of aliphatic imine (C=N–C) groups is 1. The average molecular weight is 476 g/mol. The van der Waals surface area contributed by atoms with Gasteiger partial charge >= 0.3 is 0 Å². The molecule has 26 heavy (non-hydrogen) atoms. The first-order chi connectivity index (χ1) is 11.8. The molecule has 1 rings (SSSR count). The normalized spacial score (nSPS) is 11.4. The van der Waals surface area contributed by atoms with Gasteiger partial charge in [-0.2, -0.15) is 0 Å². The summed E-state index contributed by atoms with van der Waals surface area (Å²) in [5, 5.41) is 6.16. The van der Waals surface area contributed by atoms with Crippen molar-refractivity contribution in [2.75, 3.05) is 33.8 Å². The van der Waals surface area contributed by atoms with Gasteiger partial charge in [0.25, 0.3) is 0 Å². The maximum absolute atomic E-state index is 12.1. The molecule has 0 radical (unpaired) electrons. The molecule has 0 fully saturated rings. The van der Waals surface area contributed by atoms with E-state index in [0.717, 1.165) is 30.4 Å². The summed E-state index contributed by atoms with van der Waals surface area (Å²) >= 11 is 0. The number of ether oxygens (including phenoxy) is 1. The van der Waals surface area contributed by atoms with E-state index in [2.05, 4.69) is 20.5 Å². The Morgan fingerprint density at radius 1 is 1.15 bits per heavy atom. The molecule has 0 aliphatic rings. The van der Waals surface area contributed by atoms with Crippen molar-refractivity contribution in [2.24, 2.45) is 10.4 Å². The number of nitrogens with one attached hydrogen (secondary N) is 2. The van der Waals surface area contributed by atoms with Crippen LogP contribution in [0.4, 0.5) is 0 Å². The zero-order chi connectivity index (χ0) is 18.9. The van der Waals surface area contributed by atoms with Gasteiger partial charge in [0.15, 0.2) is 5.96 Å². The van der Waals surface area contributed by atoms with Crippen LogP contribution >= 0.6 is 24.0 Å². The first-order valence-electron chi connectivity index (χ1n) is 8.74. The lowest BCUT2D eigenvalue weighted by molar-refractivity contribution is -0.128. The van der Waals surface area contributed by atoms with Gasteiger partial charge in [0.05, 0.1) is 19.1 Å². The smallest absolute Gasteiger partial charge is 0.227 e. The maximum atomic E-state index is 12.1. The summed E-state index contributed by atoms with van der Waals surface area (Å²) in [6.45, 7) is 10.3. The summed E-state index contributed by atoms with van der Waals surface area (Å²) < 4.78 is 5.19. The minimum absolute atomic E-state index is 0. The monoisotopic (exact) mass is 476 g/mol. The summed E-state index contributed by atoms with van der Waals surface area (Å²) in [6.07, 6.45) is 0. The Hall–Kier alpha value is -1.51. The molecule has 1 aromatic carbocycles. The van der Waals surface area contributed by atoms with Crippen LogP contribution in [-0.4, -0.2) is 50.6 Å². The van der Waals surface area contributed by atoms with Crippen LogP contribution in [-0.2, 0) is 11.3 Å². The number of halogens is 1. The standard InChI is InChI=1S/C19H32N4O2.HI/c1-7-20-17(24)19(3,4)14-22-18(21-8-2)23(5)13-15-9-11-16(25-6)12-10-15;/h9-12H,7-8,13-14H2,1-6H3,(H,20,24)(H,21,22);1H. The Bertz CT molecular complexity index is 573. The lowest BCUT2D eigenvalue weighted by atomic mass is 9.92. The van der Waals surface area contributed by atoms with Gasteiger partial charge in [0.1, 0.15) is 5.75 Å². The number of guanidine groups is 1. The molecule has 2 N–H and O–H groups in total. The zero-order valence-corrected chi connectivity index (χ0v) is 19.1.